The molecule has 0 fully saturated rings. The Bertz CT molecular complexity index is 453. The highest BCUT2D eigenvalue weighted by atomic mass is 14.9. The summed E-state index contributed by atoms with van der Waals surface area (Å²) in [5.41, 5.74) is 5.27. The average Bonchev–Trinajstić information content (AvgIpc) is 2.34. The summed E-state index contributed by atoms with van der Waals surface area (Å²) in [5.74, 6) is 0. The molecule has 1 aromatic rings. The lowest BCUT2D eigenvalue weighted by atomic mass is 9.95. The number of nitriles is 1. The van der Waals surface area contributed by atoms with Crippen LogP contribution in [-0.4, -0.2) is 13.1 Å². The standard InChI is InChI=1S/C16H24N2/c1-12-6-7-15(14(3)13(12)2)8-9-18-11-16(4,5)10-17/h6-7,18H,8-9,11H2,1-5H3. The van der Waals surface area contributed by atoms with Gasteiger partial charge in [-0.25, -0.2) is 0 Å². The summed E-state index contributed by atoms with van der Waals surface area (Å²) in [7, 11) is 0. The third kappa shape index (κ3) is 3.85. The van der Waals surface area contributed by atoms with Gasteiger partial charge in [0.2, 0.25) is 0 Å². The van der Waals surface area contributed by atoms with Gasteiger partial charge in [0.25, 0.3) is 0 Å². The van der Waals surface area contributed by atoms with Crippen LogP contribution in [0.2, 0.25) is 0 Å². The molecule has 0 amide bonds. The largest absolute Gasteiger partial charge is 0.315 e. The molecule has 0 aromatic heterocycles. The summed E-state index contributed by atoms with van der Waals surface area (Å²) in [5, 5.41) is 12.3. The van der Waals surface area contributed by atoms with E-state index in [-0.39, 0.29) is 5.41 Å². The molecule has 0 saturated carbocycles. The van der Waals surface area contributed by atoms with E-state index in [1.54, 1.807) is 0 Å². The van der Waals surface area contributed by atoms with Gasteiger partial charge in [0.15, 0.2) is 0 Å². The lowest BCUT2D eigenvalue weighted by molar-refractivity contribution is 0.447. The normalized spacial score (nSPS) is 11.3. The van der Waals surface area contributed by atoms with Crippen molar-refractivity contribution in [2.45, 2.75) is 41.0 Å². The molecule has 0 unspecified atom stereocenters. The summed E-state index contributed by atoms with van der Waals surface area (Å²) in [4.78, 5) is 0. The second-order valence-electron chi connectivity index (χ2n) is 5.71. The van der Waals surface area contributed by atoms with Crippen LogP contribution in [0.4, 0.5) is 0 Å². The van der Waals surface area contributed by atoms with Crippen molar-refractivity contribution in [1.82, 2.24) is 5.32 Å². The molecule has 2 heteroatoms. The van der Waals surface area contributed by atoms with Gasteiger partial charge in [0, 0.05) is 6.54 Å². The Morgan fingerprint density at radius 3 is 2.44 bits per heavy atom. The molecule has 2 nitrogen and oxygen atoms in total. The molecular weight excluding hydrogens is 220 g/mol. The lowest BCUT2D eigenvalue weighted by Gasteiger charge is -2.16. The molecule has 1 aromatic carbocycles. The van der Waals surface area contributed by atoms with E-state index in [2.05, 4.69) is 44.3 Å². The topological polar surface area (TPSA) is 35.8 Å². The third-order valence-electron chi connectivity index (χ3n) is 3.61. The van der Waals surface area contributed by atoms with E-state index in [1.807, 2.05) is 13.8 Å². The molecule has 0 bridgehead atoms. The number of hydrogen-bond acceptors (Lipinski definition) is 2. The summed E-state index contributed by atoms with van der Waals surface area (Å²) in [6, 6.07) is 6.71. The van der Waals surface area contributed by atoms with Gasteiger partial charge >= 0.3 is 0 Å². The van der Waals surface area contributed by atoms with E-state index in [0.29, 0.717) is 0 Å². The van der Waals surface area contributed by atoms with Gasteiger partial charge in [0.05, 0.1) is 11.5 Å². The number of aryl methyl sites for hydroxylation is 1. The molecule has 18 heavy (non-hydrogen) atoms. The highest BCUT2D eigenvalue weighted by Gasteiger charge is 2.15. The van der Waals surface area contributed by atoms with E-state index in [9.17, 15) is 0 Å². The molecular formula is C16H24N2. The summed E-state index contributed by atoms with van der Waals surface area (Å²) in [6.45, 7) is 12.1. The third-order valence-corrected chi connectivity index (χ3v) is 3.61. The molecule has 0 spiro atoms. The van der Waals surface area contributed by atoms with Crippen molar-refractivity contribution in [2.75, 3.05) is 13.1 Å². The zero-order valence-electron chi connectivity index (χ0n) is 12.2. The molecule has 98 valence electrons. The highest BCUT2D eigenvalue weighted by molar-refractivity contribution is 5.38. The first-order valence-corrected chi connectivity index (χ1v) is 6.55. The van der Waals surface area contributed by atoms with Gasteiger partial charge in [-0.3, -0.25) is 0 Å². The first-order chi connectivity index (χ1) is 8.37. The van der Waals surface area contributed by atoms with Crippen LogP contribution in [0.3, 0.4) is 0 Å². The average molecular weight is 244 g/mol. The number of rotatable bonds is 5. The first kappa shape index (κ1) is 14.7. The van der Waals surface area contributed by atoms with Gasteiger partial charge in [0.1, 0.15) is 0 Å². The number of benzene rings is 1. The van der Waals surface area contributed by atoms with E-state index < -0.39 is 0 Å². The maximum Gasteiger partial charge on any atom is 0.0697 e. The fraction of sp³-hybridized carbons (Fsp3) is 0.562. The maximum absolute atomic E-state index is 8.93. The van der Waals surface area contributed by atoms with Gasteiger partial charge in [-0.05, 0) is 69.8 Å². The minimum absolute atomic E-state index is 0.280. The van der Waals surface area contributed by atoms with Crippen LogP contribution in [0, 0.1) is 37.5 Å². The minimum atomic E-state index is -0.280. The maximum atomic E-state index is 8.93. The Hall–Kier alpha value is -1.33. The van der Waals surface area contributed by atoms with Gasteiger partial charge < -0.3 is 5.32 Å². The number of nitrogens with zero attached hydrogens (tertiary/aromatic N) is 1. The van der Waals surface area contributed by atoms with Gasteiger partial charge in [-0.15, -0.1) is 0 Å². The molecule has 0 aliphatic rings. The van der Waals surface area contributed by atoms with E-state index >= 15 is 0 Å². The van der Waals surface area contributed by atoms with Crippen molar-refractivity contribution < 1.29 is 0 Å². The Kier molecular flexibility index (Phi) is 4.93. The van der Waals surface area contributed by atoms with Gasteiger partial charge in [-0.1, -0.05) is 12.1 Å². The lowest BCUT2D eigenvalue weighted by Crippen LogP contribution is -2.29. The molecule has 0 saturated heterocycles. The Morgan fingerprint density at radius 2 is 1.83 bits per heavy atom. The van der Waals surface area contributed by atoms with Crippen molar-refractivity contribution in [3.05, 3.63) is 34.4 Å². The van der Waals surface area contributed by atoms with E-state index in [0.717, 1.165) is 19.5 Å². The van der Waals surface area contributed by atoms with Crippen LogP contribution in [0.1, 0.15) is 36.1 Å². The molecule has 0 aliphatic heterocycles. The van der Waals surface area contributed by atoms with E-state index in [1.165, 1.54) is 22.3 Å². The summed E-state index contributed by atoms with van der Waals surface area (Å²) in [6.07, 6.45) is 1.02. The highest BCUT2D eigenvalue weighted by Crippen LogP contribution is 2.17. The first-order valence-electron chi connectivity index (χ1n) is 6.55. The number of hydrogen-bond donors (Lipinski definition) is 1. The molecule has 0 aliphatic carbocycles. The Morgan fingerprint density at radius 1 is 1.17 bits per heavy atom. The zero-order chi connectivity index (χ0) is 13.8. The monoisotopic (exact) mass is 244 g/mol. The zero-order valence-corrected chi connectivity index (χ0v) is 12.2. The van der Waals surface area contributed by atoms with Crippen molar-refractivity contribution >= 4 is 0 Å². The van der Waals surface area contributed by atoms with Crippen molar-refractivity contribution in [2.24, 2.45) is 5.41 Å². The fourth-order valence-electron chi connectivity index (χ4n) is 1.95. The molecule has 1 rings (SSSR count). The van der Waals surface area contributed by atoms with Crippen LogP contribution in [-0.2, 0) is 6.42 Å². The van der Waals surface area contributed by atoms with Crippen molar-refractivity contribution in [3.63, 3.8) is 0 Å². The quantitative estimate of drug-likeness (QED) is 0.807. The summed E-state index contributed by atoms with van der Waals surface area (Å²) < 4.78 is 0. The van der Waals surface area contributed by atoms with Crippen LogP contribution < -0.4 is 5.32 Å². The predicted molar refractivity (Wildman–Crippen MR) is 76.6 cm³/mol. The van der Waals surface area contributed by atoms with Gasteiger partial charge in [-0.2, -0.15) is 5.26 Å². The van der Waals surface area contributed by atoms with Crippen LogP contribution in [0.5, 0.6) is 0 Å². The summed E-state index contributed by atoms with van der Waals surface area (Å²) >= 11 is 0. The Balaban J connectivity index is 2.51. The molecule has 0 heterocycles. The molecule has 0 radical (unpaired) electrons. The van der Waals surface area contributed by atoms with E-state index in [4.69, 9.17) is 5.26 Å². The van der Waals surface area contributed by atoms with Crippen LogP contribution in [0.25, 0.3) is 0 Å². The van der Waals surface area contributed by atoms with Crippen molar-refractivity contribution in [3.8, 4) is 6.07 Å². The van der Waals surface area contributed by atoms with Crippen molar-refractivity contribution in [1.29, 1.82) is 5.26 Å². The second kappa shape index (κ2) is 6.02. The predicted octanol–water partition coefficient (Wildman–Crippen LogP) is 3.29. The smallest absolute Gasteiger partial charge is 0.0697 e. The molecule has 1 N–H and O–H groups in total. The fourth-order valence-corrected chi connectivity index (χ4v) is 1.95. The minimum Gasteiger partial charge on any atom is -0.315 e. The second-order valence-corrected chi connectivity index (χ2v) is 5.71. The SMILES string of the molecule is Cc1ccc(CCNCC(C)(C)C#N)c(C)c1C. The van der Waals surface area contributed by atoms with Crippen LogP contribution >= 0.6 is 0 Å². The number of nitrogens with one attached hydrogen (secondary N) is 1. The Labute approximate surface area is 111 Å². The molecule has 0 atom stereocenters. The van der Waals surface area contributed by atoms with Crippen LogP contribution in [0.15, 0.2) is 12.1 Å².